The first-order chi connectivity index (χ1) is 9.00. The van der Waals surface area contributed by atoms with Crippen molar-refractivity contribution < 1.29 is 15.0 Å². The quantitative estimate of drug-likeness (QED) is 0.356. The van der Waals surface area contributed by atoms with Crippen LogP contribution in [0.4, 0.5) is 0 Å². The molecule has 4 nitrogen and oxygen atoms in total. The van der Waals surface area contributed by atoms with Gasteiger partial charge in [0.15, 0.2) is 0 Å². The zero-order valence-corrected chi connectivity index (χ0v) is 12.4. The van der Waals surface area contributed by atoms with Gasteiger partial charge in [-0.05, 0) is 6.42 Å². The van der Waals surface area contributed by atoms with Gasteiger partial charge >= 0.3 is 0 Å². The SMILES string of the molecule is CCCCCCCCCCCCCC(O)(O)C(N)=O. The Bertz CT molecular complexity index is 229. The summed E-state index contributed by atoms with van der Waals surface area (Å²) in [5.41, 5.74) is 4.86. The van der Waals surface area contributed by atoms with Gasteiger partial charge in [-0.3, -0.25) is 4.79 Å². The smallest absolute Gasteiger partial charge is 0.277 e. The third-order valence-electron chi connectivity index (χ3n) is 3.52. The minimum atomic E-state index is -2.32. The third kappa shape index (κ3) is 11.0. The average molecular weight is 273 g/mol. The molecule has 0 radical (unpaired) electrons. The molecule has 4 heteroatoms. The minimum Gasteiger partial charge on any atom is -0.365 e. The van der Waals surface area contributed by atoms with Gasteiger partial charge in [-0.25, -0.2) is 0 Å². The molecule has 19 heavy (non-hydrogen) atoms. The van der Waals surface area contributed by atoms with E-state index in [0.717, 1.165) is 12.8 Å². The van der Waals surface area contributed by atoms with E-state index in [4.69, 9.17) is 5.73 Å². The number of rotatable bonds is 13. The highest BCUT2D eigenvalue weighted by atomic mass is 16.5. The van der Waals surface area contributed by atoms with Crippen LogP contribution in [-0.2, 0) is 4.79 Å². The summed E-state index contributed by atoms with van der Waals surface area (Å²) in [4.78, 5) is 10.7. The highest BCUT2D eigenvalue weighted by Gasteiger charge is 2.29. The van der Waals surface area contributed by atoms with Crippen LogP contribution in [0.15, 0.2) is 0 Å². The van der Waals surface area contributed by atoms with Crippen LogP contribution in [0.3, 0.4) is 0 Å². The van der Waals surface area contributed by atoms with Gasteiger partial charge in [-0.15, -0.1) is 0 Å². The number of unbranched alkanes of at least 4 members (excludes halogenated alkanes) is 10. The maximum absolute atomic E-state index is 10.7. The molecule has 0 aliphatic carbocycles. The maximum atomic E-state index is 10.7. The highest BCUT2D eigenvalue weighted by molar-refractivity contribution is 5.81. The summed E-state index contributed by atoms with van der Waals surface area (Å²) in [5.74, 6) is -3.38. The Balaban J connectivity index is 3.21. The van der Waals surface area contributed by atoms with E-state index in [9.17, 15) is 15.0 Å². The molecule has 0 spiro atoms. The summed E-state index contributed by atoms with van der Waals surface area (Å²) in [7, 11) is 0. The molecule has 1 amide bonds. The maximum Gasteiger partial charge on any atom is 0.277 e. The molecule has 0 heterocycles. The molecule has 0 aliphatic heterocycles. The van der Waals surface area contributed by atoms with E-state index >= 15 is 0 Å². The van der Waals surface area contributed by atoms with Crippen LogP contribution >= 0.6 is 0 Å². The Labute approximate surface area is 117 Å². The number of aliphatic hydroxyl groups is 2. The average Bonchev–Trinajstić information content (AvgIpc) is 2.35. The van der Waals surface area contributed by atoms with Crippen molar-refractivity contribution in [1.82, 2.24) is 0 Å². The van der Waals surface area contributed by atoms with Gasteiger partial charge < -0.3 is 15.9 Å². The van der Waals surface area contributed by atoms with Gasteiger partial charge in [0.1, 0.15) is 0 Å². The van der Waals surface area contributed by atoms with Gasteiger partial charge in [-0.2, -0.15) is 0 Å². The summed E-state index contributed by atoms with van der Waals surface area (Å²) in [6, 6.07) is 0. The van der Waals surface area contributed by atoms with Gasteiger partial charge in [0, 0.05) is 6.42 Å². The monoisotopic (exact) mass is 273 g/mol. The van der Waals surface area contributed by atoms with E-state index < -0.39 is 11.7 Å². The predicted octanol–water partition coefficient (Wildman–Crippen LogP) is 2.85. The molecule has 0 saturated heterocycles. The van der Waals surface area contributed by atoms with E-state index in [-0.39, 0.29) is 6.42 Å². The lowest BCUT2D eigenvalue weighted by molar-refractivity contribution is -0.184. The fourth-order valence-corrected chi connectivity index (χ4v) is 2.16. The molecule has 0 saturated carbocycles. The molecule has 4 N–H and O–H groups in total. The molecular weight excluding hydrogens is 242 g/mol. The second-order valence-corrected chi connectivity index (χ2v) is 5.47. The summed E-state index contributed by atoms with van der Waals surface area (Å²) < 4.78 is 0. The number of nitrogens with two attached hydrogens (primary N) is 1. The first-order valence-corrected chi connectivity index (χ1v) is 7.75. The Morgan fingerprint density at radius 2 is 1.21 bits per heavy atom. The number of amides is 1. The van der Waals surface area contributed by atoms with Crippen molar-refractivity contribution >= 4 is 5.91 Å². The fraction of sp³-hybridized carbons (Fsp3) is 0.933. The molecule has 114 valence electrons. The summed E-state index contributed by atoms with van der Waals surface area (Å²) >= 11 is 0. The molecule has 0 unspecified atom stereocenters. The van der Waals surface area contributed by atoms with Crippen molar-refractivity contribution in [2.24, 2.45) is 5.73 Å². The van der Waals surface area contributed by atoms with Gasteiger partial charge in [0.2, 0.25) is 5.79 Å². The Morgan fingerprint density at radius 1 is 0.842 bits per heavy atom. The van der Waals surface area contributed by atoms with Gasteiger partial charge in [0.25, 0.3) is 5.91 Å². The number of hydrogen-bond donors (Lipinski definition) is 3. The molecule has 0 fully saturated rings. The lowest BCUT2D eigenvalue weighted by atomic mass is 10.0. The van der Waals surface area contributed by atoms with Gasteiger partial charge in [-0.1, -0.05) is 71.1 Å². The molecule has 0 rings (SSSR count). The largest absolute Gasteiger partial charge is 0.365 e. The van der Waals surface area contributed by atoms with Crippen LogP contribution in [0.1, 0.15) is 84.0 Å². The molecule has 0 aromatic rings. The third-order valence-corrected chi connectivity index (χ3v) is 3.52. The topological polar surface area (TPSA) is 83.6 Å². The number of primary amides is 1. The zero-order chi connectivity index (χ0) is 14.6. The van der Waals surface area contributed by atoms with Crippen LogP contribution in [0.2, 0.25) is 0 Å². The first-order valence-electron chi connectivity index (χ1n) is 7.75. The second-order valence-electron chi connectivity index (χ2n) is 5.47. The van der Waals surface area contributed by atoms with Gasteiger partial charge in [0.05, 0.1) is 0 Å². The summed E-state index contributed by atoms with van der Waals surface area (Å²) in [5, 5.41) is 18.4. The van der Waals surface area contributed by atoms with Crippen molar-refractivity contribution in [1.29, 1.82) is 0 Å². The fourth-order valence-electron chi connectivity index (χ4n) is 2.16. The van der Waals surface area contributed by atoms with Crippen LogP contribution in [0, 0.1) is 0 Å². The van der Waals surface area contributed by atoms with E-state index in [0.29, 0.717) is 6.42 Å². The summed E-state index contributed by atoms with van der Waals surface area (Å²) in [6.07, 6.45) is 13.1. The van der Waals surface area contributed by atoms with Crippen molar-refractivity contribution in [2.45, 2.75) is 89.8 Å². The van der Waals surface area contributed by atoms with Crippen molar-refractivity contribution in [3.8, 4) is 0 Å². The zero-order valence-electron chi connectivity index (χ0n) is 12.4. The molecule has 0 atom stereocenters. The Hall–Kier alpha value is -0.610. The van der Waals surface area contributed by atoms with Crippen LogP contribution in [0.25, 0.3) is 0 Å². The minimum absolute atomic E-state index is 0.0410. The molecule has 0 aromatic carbocycles. The lowest BCUT2D eigenvalue weighted by Gasteiger charge is -2.16. The Morgan fingerprint density at radius 3 is 1.58 bits per heavy atom. The molecular formula is C15H31NO3. The van der Waals surface area contributed by atoms with E-state index in [1.165, 1.54) is 51.4 Å². The molecule has 0 aromatic heterocycles. The lowest BCUT2D eigenvalue weighted by Crippen LogP contribution is -2.43. The second kappa shape index (κ2) is 11.2. The molecule has 0 aliphatic rings. The number of hydrogen-bond acceptors (Lipinski definition) is 3. The molecule has 0 bridgehead atoms. The normalized spacial score (nSPS) is 11.7. The number of carbonyl (C=O) groups excluding carboxylic acids is 1. The van der Waals surface area contributed by atoms with Crippen molar-refractivity contribution in [3.05, 3.63) is 0 Å². The predicted molar refractivity (Wildman–Crippen MR) is 77.4 cm³/mol. The first kappa shape index (κ1) is 18.4. The van der Waals surface area contributed by atoms with Crippen LogP contribution in [0.5, 0.6) is 0 Å². The standard InChI is InChI=1S/C15H31NO3/c1-2-3-4-5-6-7-8-9-10-11-12-13-15(18,19)14(16)17/h18-19H,2-13H2,1H3,(H2,16,17). The van der Waals surface area contributed by atoms with Crippen molar-refractivity contribution in [2.75, 3.05) is 0 Å². The van der Waals surface area contributed by atoms with E-state index in [1.54, 1.807) is 0 Å². The van der Waals surface area contributed by atoms with E-state index in [2.05, 4.69) is 6.92 Å². The highest BCUT2D eigenvalue weighted by Crippen LogP contribution is 2.15. The van der Waals surface area contributed by atoms with Crippen LogP contribution < -0.4 is 5.73 Å². The van der Waals surface area contributed by atoms with Crippen LogP contribution in [-0.4, -0.2) is 21.9 Å². The number of carbonyl (C=O) groups is 1. The summed E-state index contributed by atoms with van der Waals surface area (Å²) in [6.45, 7) is 2.23. The van der Waals surface area contributed by atoms with Crippen molar-refractivity contribution in [3.63, 3.8) is 0 Å². The Kier molecular flexibility index (Phi) is 10.9. The van der Waals surface area contributed by atoms with E-state index in [1.807, 2.05) is 0 Å².